The average Bonchev–Trinajstić information content (AvgIpc) is 2.62. The number of aryl methyl sites for hydroxylation is 1. The fourth-order valence-corrected chi connectivity index (χ4v) is 3.50. The van der Waals surface area contributed by atoms with E-state index in [1.54, 1.807) is 0 Å². The van der Waals surface area contributed by atoms with Crippen LogP contribution in [0.2, 0.25) is 0 Å². The molecule has 0 nitrogen and oxygen atoms in total. The zero-order chi connectivity index (χ0) is 18.0. The van der Waals surface area contributed by atoms with Crippen molar-refractivity contribution in [2.24, 2.45) is 0 Å². The molecule has 0 aliphatic carbocycles. The van der Waals surface area contributed by atoms with Gasteiger partial charge in [-0.3, -0.25) is 0 Å². The number of fused-ring (bicyclic) bond motifs is 1. The van der Waals surface area contributed by atoms with E-state index in [-0.39, 0.29) is 0 Å². The predicted molar refractivity (Wildman–Crippen MR) is 113 cm³/mol. The van der Waals surface area contributed by atoms with E-state index in [0.29, 0.717) is 0 Å². The summed E-state index contributed by atoms with van der Waals surface area (Å²) >= 11 is 0. The average molecular weight is 326 g/mol. The quantitative estimate of drug-likeness (QED) is 0.467. The molecule has 0 atom stereocenters. The normalized spacial score (nSPS) is 11.9. The van der Waals surface area contributed by atoms with Gasteiger partial charge in [0.2, 0.25) is 0 Å². The van der Waals surface area contributed by atoms with Gasteiger partial charge in [-0.1, -0.05) is 66.3 Å². The Morgan fingerprint density at radius 2 is 1.12 bits per heavy atom. The molecule has 0 heterocycles. The zero-order valence-corrected chi connectivity index (χ0v) is 15.9. The van der Waals surface area contributed by atoms with Crippen molar-refractivity contribution in [3.8, 4) is 11.1 Å². The van der Waals surface area contributed by atoms with Crippen LogP contribution >= 0.6 is 0 Å². The minimum atomic E-state index is 1.27. The van der Waals surface area contributed by atoms with Gasteiger partial charge in [0, 0.05) is 0 Å². The van der Waals surface area contributed by atoms with E-state index in [1.807, 2.05) is 0 Å². The number of hydrogen-bond acceptors (Lipinski definition) is 0. The van der Waals surface area contributed by atoms with Crippen LogP contribution in [0, 0.1) is 20.8 Å². The highest BCUT2D eigenvalue weighted by molar-refractivity contribution is 6.01. The summed E-state index contributed by atoms with van der Waals surface area (Å²) in [4.78, 5) is 0. The molecule has 0 bridgehead atoms. The second-order valence-corrected chi connectivity index (χ2v) is 6.70. The first kappa shape index (κ1) is 17.2. The van der Waals surface area contributed by atoms with Gasteiger partial charge in [-0.25, -0.2) is 0 Å². The van der Waals surface area contributed by atoms with Crippen LogP contribution in [0.3, 0.4) is 0 Å². The van der Waals surface area contributed by atoms with Gasteiger partial charge in [0.1, 0.15) is 0 Å². The summed E-state index contributed by atoms with van der Waals surface area (Å²) in [6.07, 6.45) is 8.73. The molecule has 0 amide bonds. The minimum Gasteiger partial charge on any atom is -0.0870 e. The van der Waals surface area contributed by atoms with Crippen LogP contribution in [0.15, 0.2) is 54.6 Å². The molecule has 0 saturated heterocycles. The Bertz CT molecular complexity index is 967. The molecule has 0 aromatic heterocycles. The maximum atomic E-state index is 2.34. The van der Waals surface area contributed by atoms with E-state index in [2.05, 4.69) is 101 Å². The van der Waals surface area contributed by atoms with E-state index in [1.165, 1.54) is 49.7 Å². The van der Waals surface area contributed by atoms with Gasteiger partial charge in [-0.2, -0.15) is 0 Å². The van der Waals surface area contributed by atoms with Crippen molar-refractivity contribution in [2.45, 2.75) is 34.6 Å². The Morgan fingerprint density at radius 1 is 0.600 bits per heavy atom. The van der Waals surface area contributed by atoms with Crippen LogP contribution in [0.1, 0.15) is 41.7 Å². The first-order chi connectivity index (χ1) is 12.1. The van der Waals surface area contributed by atoms with Crippen LogP contribution in [-0.4, -0.2) is 0 Å². The van der Waals surface area contributed by atoms with Crippen molar-refractivity contribution in [2.75, 3.05) is 0 Å². The van der Waals surface area contributed by atoms with Crippen molar-refractivity contribution in [1.29, 1.82) is 0 Å². The maximum Gasteiger partial charge on any atom is -0.00965 e. The molecule has 0 unspecified atom stereocenters. The largest absolute Gasteiger partial charge is 0.0870 e. The highest BCUT2D eigenvalue weighted by atomic mass is 14.2. The summed E-state index contributed by atoms with van der Waals surface area (Å²) in [6, 6.07) is 15.6. The Kier molecular flexibility index (Phi) is 4.90. The van der Waals surface area contributed by atoms with Crippen molar-refractivity contribution < 1.29 is 0 Å². The van der Waals surface area contributed by atoms with Crippen LogP contribution < -0.4 is 0 Å². The van der Waals surface area contributed by atoms with Crippen LogP contribution in [0.5, 0.6) is 0 Å². The van der Waals surface area contributed by atoms with Gasteiger partial charge in [-0.05, 0) is 84.8 Å². The monoisotopic (exact) mass is 326 g/mol. The van der Waals surface area contributed by atoms with Gasteiger partial charge in [0.05, 0.1) is 0 Å². The number of benzene rings is 3. The fourth-order valence-electron chi connectivity index (χ4n) is 3.50. The van der Waals surface area contributed by atoms with E-state index in [4.69, 9.17) is 0 Å². The molecular formula is C25H26. The van der Waals surface area contributed by atoms with Crippen molar-refractivity contribution in [3.05, 3.63) is 82.4 Å². The molecule has 0 aliphatic heterocycles. The second kappa shape index (κ2) is 7.11. The molecule has 0 saturated carbocycles. The van der Waals surface area contributed by atoms with Crippen LogP contribution in [0.4, 0.5) is 0 Å². The molecule has 0 radical (unpaired) electrons. The van der Waals surface area contributed by atoms with Crippen molar-refractivity contribution in [3.63, 3.8) is 0 Å². The van der Waals surface area contributed by atoms with Gasteiger partial charge < -0.3 is 0 Å². The second-order valence-electron chi connectivity index (χ2n) is 6.70. The highest BCUT2D eigenvalue weighted by Crippen LogP contribution is 2.35. The van der Waals surface area contributed by atoms with Gasteiger partial charge in [-0.15, -0.1) is 0 Å². The molecule has 0 spiro atoms. The lowest BCUT2D eigenvalue weighted by atomic mass is 9.88. The lowest BCUT2D eigenvalue weighted by molar-refractivity contribution is 1.33. The summed E-state index contributed by atoms with van der Waals surface area (Å²) in [5.41, 5.74) is 9.22. The lowest BCUT2D eigenvalue weighted by Gasteiger charge is -2.16. The Hall–Kier alpha value is -2.60. The smallest absolute Gasteiger partial charge is 0.00965 e. The van der Waals surface area contributed by atoms with E-state index in [0.717, 1.165) is 0 Å². The standard InChI is InChI=1S/C25H26/c1-6-8-22-18(4)19(5)23(9-7-2)25-16-21(14-15-24(22)25)20-12-10-17(3)11-13-20/h6-16H,1-5H3/b8-6-,9-7-. The summed E-state index contributed by atoms with van der Waals surface area (Å²) in [6.45, 7) is 10.8. The Labute approximate surface area is 151 Å². The summed E-state index contributed by atoms with van der Waals surface area (Å²) in [7, 11) is 0. The van der Waals surface area contributed by atoms with Crippen molar-refractivity contribution in [1.82, 2.24) is 0 Å². The third kappa shape index (κ3) is 3.17. The molecule has 3 aromatic carbocycles. The molecule has 3 rings (SSSR count). The minimum absolute atomic E-state index is 1.27. The molecule has 3 aromatic rings. The first-order valence-corrected chi connectivity index (χ1v) is 8.96. The lowest BCUT2D eigenvalue weighted by Crippen LogP contribution is -1.95. The van der Waals surface area contributed by atoms with E-state index >= 15 is 0 Å². The molecule has 0 heteroatoms. The Balaban J connectivity index is 2.35. The predicted octanol–water partition coefficient (Wildman–Crippen LogP) is 7.50. The summed E-state index contributed by atoms with van der Waals surface area (Å²) in [5.74, 6) is 0. The summed E-state index contributed by atoms with van der Waals surface area (Å²) < 4.78 is 0. The zero-order valence-electron chi connectivity index (χ0n) is 15.9. The summed E-state index contributed by atoms with van der Waals surface area (Å²) in [5, 5.41) is 2.65. The molecule has 0 N–H and O–H groups in total. The van der Waals surface area contributed by atoms with E-state index < -0.39 is 0 Å². The third-order valence-corrected chi connectivity index (χ3v) is 5.02. The maximum absolute atomic E-state index is 2.34. The number of rotatable bonds is 3. The molecule has 126 valence electrons. The number of allylic oxidation sites excluding steroid dienone is 2. The van der Waals surface area contributed by atoms with Gasteiger partial charge in [0.15, 0.2) is 0 Å². The molecule has 0 aliphatic rings. The SMILES string of the molecule is C/C=C\c1c(C)c(C)c(/C=C\C)c2cc(-c3ccc(C)cc3)ccc12. The molecule has 25 heavy (non-hydrogen) atoms. The third-order valence-electron chi connectivity index (χ3n) is 5.02. The van der Waals surface area contributed by atoms with Gasteiger partial charge >= 0.3 is 0 Å². The van der Waals surface area contributed by atoms with Crippen molar-refractivity contribution >= 4 is 22.9 Å². The van der Waals surface area contributed by atoms with Crippen LogP contribution in [0.25, 0.3) is 34.1 Å². The van der Waals surface area contributed by atoms with E-state index in [9.17, 15) is 0 Å². The first-order valence-electron chi connectivity index (χ1n) is 8.96. The number of hydrogen-bond donors (Lipinski definition) is 0. The Morgan fingerprint density at radius 3 is 1.68 bits per heavy atom. The molecular weight excluding hydrogens is 300 g/mol. The highest BCUT2D eigenvalue weighted by Gasteiger charge is 2.12. The van der Waals surface area contributed by atoms with Crippen LogP contribution in [-0.2, 0) is 0 Å². The van der Waals surface area contributed by atoms with Gasteiger partial charge in [0.25, 0.3) is 0 Å². The fraction of sp³-hybridized carbons (Fsp3) is 0.200. The molecule has 0 fully saturated rings. The topological polar surface area (TPSA) is 0 Å².